The van der Waals surface area contributed by atoms with Crippen molar-refractivity contribution in [3.8, 4) is 17.2 Å². The van der Waals surface area contributed by atoms with E-state index < -0.39 is 0 Å². The van der Waals surface area contributed by atoms with Crippen LogP contribution in [-0.4, -0.2) is 33.1 Å². The molecule has 0 amide bonds. The quantitative estimate of drug-likeness (QED) is 0.810. The van der Waals surface area contributed by atoms with Crippen molar-refractivity contribution in [1.82, 2.24) is 4.98 Å². The van der Waals surface area contributed by atoms with E-state index in [0.717, 1.165) is 10.9 Å². The molecule has 0 aliphatic heterocycles. The second-order valence-electron chi connectivity index (χ2n) is 3.43. The highest BCUT2D eigenvalue weighted by atomic mass is 16.7. The minimum absolute atomic E-state index is 0.162. The van der Waals surface area contributed by atoms with E-state index in [-0.39, 0.29) is 6.79 Å². The van der Waals surface area contributed by atoms with E-state index in [1.54, 1.807) is 21.3 Å². The van der Waals surface area contributed by atoms with Crippen LogP contribution in [0.3, 0.4) is 0 Å². The van der Waals surface area contributed by atoms with Crippen LogP contribution in [0.25, 0.3) is 10.9 Å². The van der Waals surface area contributed by atoms with E-state index >= 15 is 0 Å². The predicted octanol–water partition coefficient (Wildman–Crippen LogP) is 2.17. The van der Waals surface area contributed by atoms with Crippen LogP contribution in [0.5, 0.6) is 17.2 Å². The zero-order valence-electron chi connectivity index (χ0n) is 10.1. The van der Waals surface area contributed by atoms with Crippen molar-refractivity contribution in [2.24, 2.45) is 0 Å². The summed E-state index contributed by atoms with van der Waals surface area (Å²) in [6, 6.07) is 3.82. The standard InChI is InChI=1S/C12H15NO4/c1-14-7-17-9-6-8-4-5-13-10(8)12(16-3)11(9)15-2/h4-6,13H,7H2,1-3H3. The van der Waals surface area contributed by atoms with Gasteiger partial charge in [0.25, 0.3) is 0 Å². The minimum atomic E-state index is 0.162. The van der Waals surface area contributed by atoms with E-state index in [1.807, 2.05) is 18.3 Å². The number of aromatic amines is 1. The van der Waals surface area contributed by atoms with Crippen LogP contribution in [0.2, 0.25) is 0 Å². The Morgan fingerprint density at radius 1 is 1.12 bits per heavy atom. The summed E-state index contributed by atoms with van der Waals surface area (Å²) in [5.41, 5.74) is 0.883. The Bertz CT molecular complexity index is 506. The van der Waals surface area contributed by atoms with E-state index in [9.17, 15) is 0 Å². The molecule has 0 unspecified atom stereocenters. The van der Waals surface area contributed by atoms with Gasteiger partial charge >= 0.3 is 0 Å². The number of benzene rings is 1. The van der Waals surface area contributed by atoms with Gasteiger partial charge in [0.05, 0.1) is 19.7 Å². The highest BCUT2D eigenvalue weighted by Gasteiger charge is 2.16. The van der Waals surface area contributed by atoms with Crippen LogP contribution in [0.4, 0.5) is 0 Å². The third-order valence-corrected chi connectivity index (χ3v) is 2.46. The van der Waals surface area contributed by atoms with Crippen molar-refractivity contribution < 1.29 is 18.9 Å². The van der Waals surface area contributed by atoms with Crippen LogP contribution in [0, 0.1) is 0 Å². The summed E-state index contributed by atoms with van der Waals surface area (Å²) in [7, 11) is 4.74. The molecule has 0 spiro atoms. The fourth-order valence-corrected chi connectivity index (χ4v) is 1.75. The Morgan fingerprint density at radius 2 is 1.88 bits per heavy atom. The smallest absolute Gasteiger partial charge is 0.205 e. The van der Waals surface area contributed by atoms with Gasteiger partial charge in [-0.3, -0.25) is 0 Å². The molecule has 1 aromatic carbocycles. The molecular weight excluding hydrogens is 222 g/mol. The van der Waals surface area contributed by atoms with Gasteiger partial charge in [0.2, 0.25) is 5.75 Å². The lowest BCUT2D eigenvalue weighted by Crippen LogP contribution is -2.02. The highest BCUT2D eigenvalue weighted by Crippen LogP contribution is 2.42. The molecule has 2 aromatic rings. The zero-order chi connectivity index (χ0) is 12.3. The summed E-state index contributed by atoms with van der Waals surface area (Å²) < 4.78 is 21.0. The summed E-state index contributed by atoms with van der Waals surface area (Å²) in [6.45, 7) is 0.162. The number of hydrogen-bond acceptors (Lipinski definition) is 4. The summed E-state index contributed by atoms with van der Waals surface area (Å²) in [5, 5.41) is 0.994. The number of fused-ring (bicyclic) bond motifs is 1. The average molecular weight is 237 g/mol. The van der Waals surface area contributed by atoms with Crippen molar-refractivity contribution >= 4 is 10.9 Å². The van der Waals surface area contributed by atoms with Crippen molar-refractivity contribution in [3.63, 3.8) is 0 Å². The maximum absolute atomic E-state index is 5.46. The fraction of sp³-hybridized carbons (Fsp3) is 0.333. The molecule has 0 aliphatic rings. The van der Waals surface area contributed by atoms with Gasteiger partial charge in [-0.2, -0.15) is 0 Å². The summed E-state index contributed by atoms with van der Waals surface area (Å²) >= 11 is 0. The van der Waals surface area contributed by atoms with Crippen molar-refractivity contribution in [2.75, 3.05) is 28.1 Å². The first-order valence-electron chi connectivity index (χ1n) is 5.15. The third-order valence-electron chi connectivity index (χ3n) is 2.46. The van der Waals surface area contributed by atoms with E-state index in [2.05, 4.69) is 4.98 Å². The maximum atomic E-state index is 5.46. The largest absolute Gasteiger partial charge is 0.491 e. The second-order valence-corrected chi connectivity index (χ2v) is 3.43. The van der Waals surface area contributed by atoms with Crippen LogP contribution >= 0.6 is 0 Å². The number of nitrogens with one attached hydrogen (secondary N) is 1. The monoisotopic (exact) mass is 237 g/mol. The maximum Gasteiger partial charge on any atom is 0.205 e. The molecule has 0 saturated carbocycles. The van der Waals surface area contributed by atoms with Crippen LogP contribution in [0.15, 0.2) is 18.3 Å². The fourth-order valence-electron chi connectivity index (χ4n) is 1.75. The van der Waals surface area contributed by atoms with Crippen molar-refractivity contribution in [1.29, 1.82) is 0 Å². The predicted molar refractivity (Wildman–Crippen MR) is 63.9 cm³/mol. The molecule has 0 atom stereocenters. The Morgan fingerprint density at radius 3 is 2.53 bits per heavy atom. The molecule has 17 heavy (non-hydrogen) atoms. The number of hydrogen-bond donors (Lipinski definition) is 1. The van der Waals surface area contributed by atoms with Crippen LogP contribution < -0.4 is 14.2 Å². The van der Waals surface area contributed by atoms with Crippen molar-refractivity contribution in [2.45, 2.75) is 0 Å². The molecule has 0 bridgehead atoms. The Labute approximate surface area is 99.2 Å². The average Bonchev–Trinajstić information content (AvgIpc) is 2.81. The van der Waals surface area contributed by atoms with E-state index in [4.69, 9.17) is 18.9 Å². The first-order chi connectivity index (χ1) is 8.31. The first kappa shape index (κ1) is 11.6. The highest BCUT2D eigenvalue weighted by molar-refractivity contribution is 5.90. The Kier molecular flexibility index (Phi) is 3.39. The van der Waals surface area contributed by atoms with Gasteiger partial charge in [-0.1, -0.05) is 0 Å². The van der Waals surface area contributed by atoms with Gasteiger partial charge in [0, 0.05) is 18.7 Å². The lowest BCUT2D eigenvalue weighted by Gasteiger charge is -2.14. The molecule has 92 valence electrons. The SMILES string of the molecule is COCOc1cc2cc[nH]c2c(OC)c1OC. The van der Waals surface area contributed by atoms with Crippen LogP contribution in [-0.2, 0) is 4.74 Å². The summed E-state index contributed by atoms with van der Waals surface area (Å²) in [6.07, 6.45) is 1.84. The third kappa shape index (κ3) is 2.01. The second kappa shape index (κ2) is 4.97. The van der Waals surface area contributed by atoms with Gasteiger partial charge in [0.15, 0.2) is 18.3 Å². The van der Waals surface area contributed by atoms with Gasteiger partial charge in [0.1, 0.15) is 0 Å². The van der Waals surface area contributed by atoms with E-state index in [1.165, 1.54) is 0 Å². The molecular formula is C12H15NO4. The zero-order valence-corrected chi connectivity index (χ0v) is 10.1. The lowest BCUT2D eigenvalue weighted by molar-refractivity contribution is 0.0490. The number of H-pyrrole nitrogens is 1. The Hall–Kier alpha value is -1.88. The molecule has 0 saturated heterocycles. The van der Waals surface area contributed by atoms with Crippen molar-refractivity contribution in [3.05, 3.63) is 18.3 Å². The van der Waals surface area contributed by atoms with E-state index in [0.29, 0.717) is 17.2 Å². The molecule has 5 heteroatoms. The lowest BCUT2D eigenvalue weighted by atomic mass is 10.2. The minimum Gasteiger partial charge on any atom is -0.491 e. The number of ether oxygens (including phenoxy) is 4. The Balaban J connectivity index is 2.56. The molecule has 0 radical (unpaired) electrons. The number of methoxy groups -OCH3 is 3. The topological polar surface area (TPSA) is 52.7 Å². The van der Waals surface area contributed by atoms with Gasteiger partial charge in [-0.15, -0.1) is 0 Å². The molecule has 5 nitrogen and oxygen atoms in total. The molecule has 1 N–H and O–H groups in total. The number of aromatic nitrogens is 1. The molecule has 0 aliphatic carbocycles. The first-order valence-corrected chi connectivity index (χ1v) is 5.15. The normalized spacial score (nSPS) is 10.5. The van der Waals surface area contributed by atoms with Crippen LogP contribution in [0.1, 0.15) is 0 Å². The van der Waals surface area contributed by atoms with Gasteiger partial charge in [-0.25, -0.2) is 0 Å². The number of rotatable bonds is 5. The summed E-state index contributed by atoms with van der Waals surface area (Å²) in [5.74, 6) is 1.78. The molecule has 2 rings (SSSR count). The van der Waals surface area contributed by atoms with Gasteiger partial charge in [-0.05, 0) is 12.1 Å². The summed E-state index contributed by atoms with van der Waals surface area (Å²) in [4.78, 5) is 3.11. The van der Waals surface area contributed by atoms with Gasteiger partial charge < -0.3 is 23.9 Å². The molecule has 1 heterocycles. The molecule has 1 aromatic heterocycles. The molecule has 0 fully saturated rings.